The van der Waals surface area contributed by atoms with Crippen LogP contribution in [-0.2, 0) is 0 Å². The van der Waals surface area contributed by atoms with Crippen molar-refractivity contribution in [3.05, 3.63) is 29.0 Å². The third-order valence-corrected chi connectivity index (χ3v) is 3.13. The van der Waals surface area contributed by atoms with Crippen LogP contribution in [0.15, 0.2) is 18.3 Å². The monoisotopic (exact) mass is 210 g/mol. The molecule has 1 fully saturated rings. The number of pyridine rings is 1. The summed E-state index contributed by atoms with van der Waals surface area (Å²) in [6.07, 6.45) is 5.76. The van der Waals surface area contributed by atoms with Crippen molar-refractivity contribution in [3.63, 3.8) is 0 Å². The highest BCUT2D eigenvalue weighted by atomic mass is 35.5. The number of rotatable bonds is 1. The molecule has 0 N–H and O–H groups in total. The molecular weight excluding hydrogens is 196 g/mol. The molecule has 0 radical (unpaired) electrons. The Hall–Kier alpha value is -0.600. The number of halogens is 1. The van der Waals surface area contributed by atoms with E-state index in [0.717, 1.165) is 0 Å². The fourth-order valence-electron chi connectivity index (χ4n) is 2.08. The lowest BCUT2D eigenvalue weighted by Gasteiger charge is -2.32. The summed E-state index contributed by atoms with van der Waals surface area (Å²) in [4.78, 5) is 6.52. The summed E-state index contributed by atoms with van der Waals surface area (Å²) >= 11 is 5.76. The van der Waals surface area contributed by atoms with Crippen molar-refractivity contribution in [2.45, 2.75) is 25.3 Å². The van der Waals surface area contributed by atoms with Gasteiger partial charge in [-0.05, 0) is 38.1 Å². The number of nitrogens with zero attached hydrogens (tertiary/aromatic N) is 2. The molecular formula is C11H15ClN2. The molecule has 2 heterocycles. The van der Waals surface area contributed by atoms with Gasteiger partial charge in [0.1, 0.15) is 5.15 Å². The van der Waals surface area contributed by atoms with E-state index in [0.29, 0.717) is 11.2 Å². The van der Waals surface area contributed by atoms with Gasteiger partial charge in [0.05, 0.1) is 0 Å². The maximum atomic E-state index is 5.76. The topological polar surface area (TPSA) is 16.1 Å². The van der Waals surface area contributed by atoms with Crippen LogP contribution >= 0.6 is 11.6 Å². The quantitative estimate of drug-likeness (QED) is 0.663. The van der Waals surface area contributed by atoms with Crippen LogP contribution in [0, 0.1) is 0 Å². The van der Waals surface area contributed by atoms with Crippen LogP contribution in [-0.4, -0.2) is 23.5 Å². The Kier molecular flexibility index (Phi) is 3.04. The van der Waals surface area contributed by atoms with Crippen molar-refractivity contribution in [2.24, 2.45) is 0 Å². The largest absolute Gasteiger partial charge is 0.299 e. The van der Waals surface area contributed by atoms with E-state index < -0.39 is 0 Å². The van der Waals surface area contributed by atoms with E-state index in [-0.39, 0.29) is 0 Å². The smallest absolute Gasteiger partial charge is 0.129 e. The van der Waals surface area contributed by atoms with Crippen LogP contribution in [0.5, 0.6) is 0 Å². The molecule has 1 aliphatic rings. The van der Waals surface area contributed by atoms with Crippen LogP contribution in [0.4, 0.5) is 0 Å². The van der Waals surface area contributed by atoms with Crippen molar-refractivity contribution >= 4 is 11.6 Å². The summed E-state index contributed by atoms with van der Waals surface area (Å²) in [6, 6.07) is 4.50. The van der Waals surface area contributed by atoms with Crippen molar-refractivity contribution < 1.29 is 0 Å². The van der Waals surface area contributed by atoms with E-state index in [1.165, 1.54) is 31.4 Å². The summed E-state index contributed by atoms with van der Waals surface area (Å²) in [6.45, 7) is 1.19. The second-order valence-corrected chi connectivity index (χ2v) is 4.29. The zero-order chi connectivity index (χ0) is 9.97. The van der Waals surface area contributed by atoms with Crippen LogP contribution in [0.25, 0.3) is 0 Å². The SMILES string of the molecule is CN1CCCC[C@@H]1c1ccc(Cl)nc1. The Bertz CT molecular complexity index is 297. The second-order valence-electron chi connectivity index (χ2n) is 3.91. The van der Waals surface area contributed by atoms with E-state index in [4.69, 9.17) is 11.6 Å². The molecule has 0 bridgehead atoms. The maximum absolute atomic E-state index is 5.76. The molecule has 2 nitrogen and oxygen atoms in total. The highest BCUT2D eigenvalue weighted by Crippen LogP contribution is 2.29. The molecule has 1 aliphatic heterocycles. The van der Waals surface area contributed by atoms with Crippen LogP contribution in [0.3, 0.4) is 0 Å². The average molecular weight is 211 g/mol. The molecule has 1 aromatic heterocycles. The number of likely N-dealkylation sites (tertiary alicyclic amines) is 1. The van der Waals surface area contributed by atoms with Gasteiger partial charge in [-0.1, -0.05) is 24.1 Å². The Morgan fingerprint density at radius 1 is 1.43 bits per heavy atom. The van der Waals surface area contributed by atoms with Crippen LogP contribution < -0.4 is 0 Å². The van der Waals surface area contributed by atoms with E-state index in [1.54, 1.807) is 0 Å². The fourth-order valence-corrected chi connectivity index (χ4v) is 2.19. The van der Waals surface area contributed by atoms with Crippen molar-refractivity contribution in [1.29, 1.82) is 0 Å². The predicted octanol–water partition coefficient (Wildman–Crippen LogP) is 2.89. The first kappa shape index (κ1) is 9.94. The highest BCUT2D eigenvalue weighted by Gasteiger charge is 2.20. The van der Waals surface area contributed by atoms with Crippen molar-refractivity contribution in [1.82, 2.24) is 9.88 Å². The zero-order valence-corrected chi connectivity index (χ0v) is 9.17. The molecule has 1 saturated heterocycles. The maximum Gasteiger partial charge on any atom is 0.129 e. The first-order valence-electron chi connectivity index (χ1n) is 5.09. The normalized spacial score (nSPS) is 23.7. The first-order chi connectivity index (χ1) is 6.77. The second kappa shape index (κ2) is 4.28. The van der Waals surface area contributed by atoms with Gasteiger partial charge in [0.25, 0.3) is 0 Å². The number of aromatic nitrogens is 1. The van der Waals surface area contributed by atoms with Gasteiger partial charge in [-0.2, -0.15) is 0 Å². The molecule has 0 amide bonds. The molecule has 0 saturated carbocycles. The molecule has 76 valence electrons. The zero-order valence-electron chi connectivity index (χ0n) is 8.41. The van der Waals surface area contributed by atoms with Gasteiger partial charge in [-0.25, -0.2) is 4.98 Å². The lowest BCUT2D eigenvalue weighted by atomic mass is 9.97. The molecule has 2 rings (SSSR count). The minimum Gasteiger partial charge on any atom is -0.299 e. The number of hydrogen-bond donors (Lipinski definition) is 0. The predicted molar refractivity (Wildman–Crippen MR) is 58.5 cm³/mol. The summed E-state index contributed by atoms with van der Waals surface area (Å²) in [5, 5.41) is 0.576. The van der Waals surface area contributed by atoms with Gasteiger partial charge in [-0.3, -0.25) is 4.90 Å². The van der Waals surface area contributed by atoms with Gasteiger partial charge in [0.15, 0.2) is 0 Å². The molecule has 3 heteroatoms. The van der Waals surface area contributed by atoms with Crippen molar-refractivity contribution in [2.75, 3.05) is 13.6 Å². The van der Waals surface area contributed by atoms with Gasteiger partial charge in [-0.15, -0.1) is 0 Å². The molecule has 0 aliphatic carbocycles. The number of hydrogen-bond acceptors (Lipinski definition) is 2. The summed E-state index contributed by atoms with van der Waals surface area (Å²) < 4.78 is 0. The Balaban J connectivity index is 2.16. The van der Waals surface area contributed by atoms with Crippen molar-refractivity contribution in [3.8, 4) is 0 Å². The third-order valence-electron chi connectivity index (χ3n) is 2.91. The van der Waals surface area contributed by atoms with Gasteiger partial charge in [0, 0.05) is 12.2 Å². The molecule has 0 unspecified atom stereocenters. The molecule has 14 heavy (non-hydrogen) atoms. The van der Waals surface area contributed by atoms with Gasteiger partial charge in [0.2, 0.25) is 0 Å². The van der Waals surface area contributed by atoms with E-state index in [1.807, 2.05) is 12.3 Å². The summed E-state index contributed by atoms with van der Waals surface area (Å²) in [7, 11) is 2.18. The van der Waals surface area contributed by atoms with E-state index in [2.05, 4.69) is 23.0 Å². The highest BCUT2D eigenvalue weighted by molar-refractivity contribution is 6.29. The number of piperidine rings is 1. The molecule has 0 aromatic carbocycles. The Labute approximate surface area is 89.9 Å². The molecule has 0 spiro atoms. The summed E-state index contributed by atoms with van der Waals surface area (Å²) in [5.41, 5.74) is 1.29. The first-order valence-corrected chi connectivity index (χ1v) is 5.47. The van der Waals surface area contributed by atoms with Gasteiger partial charge >= 0.3 is 0 Å². The molecule has 1 aromatic rings. The average Bonchev–Trinajstić information content (AvgIpc) is 2.20. The minimum absolute atomic E-state index is 0.536. The summed E-state index contributed by atoms with van der Waals surface area (Å²) in [5.74, 6) is 0. The van der Waals surface area contributed by atoms with Gasteiger partial charge < -0.3 is 0 Å². The lowest BCUT2D eigenvalue weighted by Crippen LogP contribution is -2.29. The Morgan fingerprint density at radius 3 is 2.93 bits per heavy atom. The van der Waals surface area contributed by atoms with Crippen LogP contribution in [0.1, 0.15) is 30.9 Å². The standard InChI is InChI=1S/C11H15ClN2/c1-14-7-3-2-4-10(14)9-5-6-11(12)13-8-9/h5-6,8,10H,2-4,7H2,1H3/t10-/m1/s1. The third kappa shape index (κ3) is 2.07. The fraction of sp³-hybridized carbons (Fsp3) is 0.545. The molecule has 1 atom stereocenters. The Morgan fingerprint density at radius 2 is 2.29 bits per heavy atom. The minimum atomic E-state index is 0.536. The lowest BCUT2D eigenvalue weighted by molar-refractivity contribution is 0.187. The van der Waals surface area contributed by atoms with E-state index >= 15 is 0 Å². The van der Waals surface area contributed by atoms with Crippen LogP contribution in [0.2, 0.25) is 5.15 Å². The van der Waals surface area contributed by atoms with E-state index in [9.17, 15) is 0 Å².